The molecule has 0 saturated heterocycles. The summed E-state index contributed by atoms with van der Waals surface area (Å²) in [6.45, 7) is 2.22. The zero-order valence-electron chi connectivity index (χ0n) is 14.5. The van der Waals surface area contributed by atoms with Crippen LogP contribution >= 0.6 is 22.9 Å². The molecule has 0 saturated carbocycles. The van der Waals surface area contributed by atoms with Crippen molar-refractivity contribution in [1.29, 1.82) is 0 Å². The lowest BCUT2D eigenvalue weighted by Crippen LogP contribution is -2.32. The molecule has 1 atom stereocenters. The fourth-order valence-electron chi connectivity index (χ4n) is 2.73. The Bertz CT molecular complexity index is 958. The number of carbonyl (C=O) groups excluding carboxylic acids is 1. The highest BCUT2D eigenvalue weighted by Gasteiger charge is 2.20. The Morgan fingerprint density at radius 2 is 2.08 bits per heavy atom. The van der Waals surface area contributed by atoms with Crippen LogP contribution in [0.2, 0.25) is 5.02 Å². The Labute approximate surface area is 160 Å². The third-order valence-electron chi connectivity index (χ3n) is 4.16. The summed E-state index contributed by atoms with van der Waals surface area (Å²) in [6, 6.07) is 6.92. The zero-order valence-corrected chi connectivity index (χ0v) is 16.0. The van der Waals surface area contributed by atoms with Gasteiger partial charge in [-0.3, -0.25) is 9.59 Å². The van der Waals surface area contributed by atoms with Gasteiger partial charge in [-0.15, -0.1) is 0 Å². The molecule has 136 valence electrons. The van der Waals surface area contributed by atoms with E-state index in [9.17, 15) is 9.59 Å². The van der Waals surface area contributed by atoms with E-state index < -0.39 is 0 Å². The average molecular weight is 391 g/mol. The van der Waals surface area contributed by atoms with Crippen molar-refractivity contribution >= 4 is 28.8 Å². The van der Waals surface area contributed by atoms with Gasteiger partial charge >= 0.3 is 4.87 Å². The molecule has 6 nitrogen and oxygen atoms in total. The van der Waals surface area contributed by atoms with Crippen LogP contribution in [0.5, 0.6) is 0 Å². The third kappa shape index (κ3) is 4.05. The van der Waals surface area contributed by atoms with E-state index in [1.165, 1.54) is 0 Å². The van der Waals surface area contributed by atoms with Gasteiger partial charge in [0.05, 0.1) is 0 Å². The van der Waals surface area contributed by atoms with E-state index in [0.29, 0.717) is 11.6 Å². The summed E-state index contributed by atoms with van der Waals surface area (Å²) in [5.41, 5.74) is 1.76. The third-order valence-corrected chi connectivity index (χ3v) is 5.30. The molecule has 26 heavy (non-hydrogen) atoms. The van der Waals surface area contributed by atoms with Gasteiger partial charge in [-0.05, 0) is 24.6 Å². The first kappa shape index (κ1) is 18.4. The lowest BCUT2D eigenvalue weighted by atomic mass is 10.1. The second-order valence-corrected chi connectivity index (χ2v) is 7.25. The minimum Gasteiger partial charge on any atom is -0.342 e. The highest BCUT2D eigenvalue weighted by atomic mass is 35.5. The number of hydrogen-bond acceptors (Lipinski definition) is 4. The van der Waals surface area contributed by atoms with Gasteiger partial charge in [0.1, 0.15) is 11.9 Å². The van der Waals surface area contributed by atoms with Crippen molar-refractivity contribution < 1.29 is 4.79 Å². The fourth-order valence-corrected chi connectivity index (χ4v) is 3.62. The molecule has 1 unspecified atom stereocenters. The first-order valence-electron chi connectivity index (χ1n) is 8.12. The summed E-state index contributed by atoms with van der Waals surface area (Å²) in [4.78, 5) is 28.6. The fraction of sp³-hybridized carbons (Fsp3) is 0.278. The number of aryl methyl sites for hydroxylation is 2. The summed E-state index contributed by atoms with van der Waals surface area (Å²) in [6.07, 6.45) is 3.74. The van der Waals surface area contributed by atoms with Crippen molar-refractivity contribution in [2.75, 3.05) is 0 Å². The van der Waals surface area contributed by atoms with Crippen LogP contribution in [-0.4, -0.2) is 20.0 Å². The number of aromatic nitrogens is 3. The number of benzene rings is 1. The van der Waals surface area contributed by atoms with Gasteiger partial charge in [0.15, 0.2) is 0 Å². The van der Waals surface area contributed by atoms with Crippen LogP contribution in [0.25, 0.3) is 0 Å². The van der Waals surface area contributed by atoms with Gasteiger partial charge in [-0.1, -0.05) is 35.1 Å². The molecule has 0 fully saturated rings. The van der Waals surface area contributed by atoms with Crippen LogP contribution in [0.3, 0.4) is 0 Å². The number of carbonyl (C=O) groups is 1. The van der Waals surface area contributed by atoms with Gasteiger partial charge in [0.25, 0.3) is 0 Å². The Morgan fingerprint density at radius 1 is 1.35 bits per heavy atom. The van der Waals surface area contributed by atoms with Crippen molar-refractivity contribution in [1.82, 2.24) is 19.4 Å². The molecule has 0 aliphatic rings. The maximum absolute atomic E-state index is 12.5. The summed E-state index contributed by atoms with van der Waals surface area (Å²) < 4.78 is 3.48. The summed E-state index contributed by atoms with van der Waals surface area (Å²) in [7, 11) is 1.88. The molecule has 3 aromatic rings. The van der Waals surface area contributed by atoms with Crippen LogP contribution in [0.1, 0.15) is 29.5 Å². The van der Waals surface area contributed by atoms with E-state index in [1.807, 2.05) is 36.9 Å². The van der Waals surface area contributed by atoms with Crippen molar-refractivity contribution in [3.05, 3.63) is 73.8 Å². The topological polar surface area (TPSA) is 68.9 Å². The normalized spacial score (nSPS) is 12.1. The largest absolute Gasteiger partial charge is 0.342 e. The van der Waals surface area contributed by atoms with Gasteiger partial charge in [0.2, 0.25) is 5.91 Å². The Balaban J connectivity index is 1.77. The number of halogens is 1. The van der Waals surface area contributed by atoms with E-state index in [0.717, 1.165) is 28.4 Å². The van der Waals surface area contributed by atoms with Crippen molar-refractivity contribution in [3.63, 3.8) is 0 Å². The lowest BCUT2D eigenvalue weighted by molar-refractivity contribution is -0.121. The number of hydrogen-bond donors (Lipinski definition) is 1. The number of nitrogens with zero attached hydrogens (tertiary/aromatic N) is 3. The molecule has 3 rings (SSSR count). The molecule has 0 aliphatic heterocycles. The molecule has 8 heteroatoms. The number of thiazole rings is 1. The number of nitrogens with one attached hydrogen (secondary N) is 1. The molecule has 0 bridgehead atoms. The molecule has 2 aromatic heterocycles. The van der Waals surface area contributed by atoms with Crippen LogP contribution in [0, 0.1) is 6.92 Å². The predicted octanol–water partition coefficient (Wildman–Crippen LogP) is 2.90. The van der Waals surface area contributed by atoms with Crippen LogP contribution < -0.4 is 10.2 Å². The molecule has 1 amide bonds. The van der Waals surface area contributed by atoms with E-state index >= 15 is 0 Å². The second-order valence-electron chi connectivity index (χ2n) is 5.99. The Hall–Kier alpha value is -2.38. The lowest BCUT2D eigenvalue weighted by Gasteiger charge is -2.19. The number of imidazole rings is 1. The monoisotopic (exact) mass is 390 g/mol. The van der Waals surface area contributed by atoms with Crippen LogP contribution in [0.4, 0.5) is 0 Å². The maximum Gasteiger partial charge on any atom is 0.307 e. The molecule has 0 spiro atoms. The Kier molecular flexibility index (Phi) is 5.58. The minimum atomic E-state index is -0.389. The molecule has 1 aromatic carbocycles. The summed E-state index contributed by atoms with van der Waals surface area (Å²) in [5.74, 6) is 0.579. The first-order chi connectivity index (χ1) is 12.5. The smallest absolute Gasteiger partial charge is 0.307 e. The van der Waals surface area contributed by atoms with Crippen LogP contribution in [-0.2, 0) is 18.4 Å². The second kappa shape index (κ2) is 7.88. The van der Waals surface area contributed by atoms with Crippen LogP contribution in [0.15, 0.2) is 46.8 Å². The predicted molar refractivity (Wildman–Crippen MR) is 103 cm³/mol. The van der Waals surface area contributed by atoms with E-state index in [1.54, 1.807) is 28.3 Å². The zero-order chi connectivity index (χ0) is 18.7. The van der Waals surface area contributed by atoms with Crippen molar-refractivity contribution in [2.45, 2.75) is 25.9 Å². The number of amides is 1. The molecular weight excluding hydrogens is 372 g/mol. The van der Waals surface area contributed by atoms with E-state index in [2.05, 4.69) is 10.3 Å². The molecular formula is C18H19ClN4O2S. The molecule has 0 aliphatic carbocycles. The van der Waals surface area contributed by atoms with Gasteiger partial charge in [0, 0.05) is 48.5 Å². The minimum absolute atomic E-state index is 0.0475. The van der Waals surface area contributed by atoms with E-state index in [-0.39, 0.29) is 23.2 Å². The quantitative estimate of drug-likeness (QED) is 0.703. The highest BCUT2D eigenvalue weighted by Crippen LogP contribution is 2.22. The molecule has 0 radical (unpaired) electrons. The summed E-state index contributed by atoms with van der Waals surface area (Å²) in [5, 5.41) is 5.45. The summed E-state index contributed by atoms with van der Waals surface area (Å²) >= 11 is 7.12. The van der Waals surface area contributed by atoms with Gasteiger partial charge in [-0.2, -0.15) is 0 Å². The first-order valence-corrected chi connectivity index (χ1v) is 9.38. The van der Waals surface area contributed by atoms with Gasteiger partial charge in [-0.25, -0.2) is 4.98 Å². The number of rotatable bonds is 6. The molecule has 2 heterocycles. The highest BCUT2D eigenvalue weighted by molar-refractivity contribution is 7.07. The standard InChI is InChI=1S/C18H19ClN4O2S/c1-12-11-26-18(25)23(12)9-7-15(24)21-16(17-20-8-10-22(17)2)13-3-5-14(19)6-4-13/h3-6,8,10-11,16H,7,9H2,1-2H3,(H,21,24). The SMILES string of the molecule is Cc1csc(=O)n1CCC(=O)NC(c1ccc(Cl)cc1)c1nccn1C. The average Bonchev–Trinajstić information content (AvgIpc) is 3.17. The van der Waals surface area contributed by atoms with E-state index in [4.69, 9.17) is 11.6 Å². The van der Waals surface area contributed by atoms with Crippen molar-refractivity contribution in [2.24, 2.45) is 7.05 Å². The molecule has 1 N–H and O–H groups in total. The van der Waals surface area contributed by atoms with Gasteiger partial charge < -0.3 is 14.5 Å². The van der Waals surface area contributed by atoms with Crippen molar-refractivity contribution in [3.8, 4) is 0 Å². The maximum atomic E-state index is 12.5. The Morgan fingerprint density at radius 3 is 2.65 bits per heavy atom.